The molecule has 2 fully saturated rings. The fourth-order valence-electron chi connectivity index (χ4n) is 5.87. The molecule has 4 aliphatic carbocycles. The Morgan fingerprint density at radius 3 is 2.90 bits per heavy atom. The van der Waals surface area contributed by atoms with E-state index in [2.05, 4.69) is 19.6 Å². The van der Waals surface area contributed by atoms with Crippen molar-refractivity contribution in [3.63, 3.8) is 0 Å². The summed E-state index contributed by atoms with van der Waals surface area (Å²) in [5.74, 6) is 3.22. The second-order valence-corrected chi connectivity index (χ2v) is 7.96. The zero-order valence-electron chi connectivity index (χ0n) is 12.9. The second-order valence-electron chi connectivity index (χ2n) is 7.96. The van der Waals surface area contributed by atoms with Crippen LogP contribution in [0.4, 0.5) is 0 Å². The Bertz CT molecular complexity index is 544. The molecule has 0 aliphatic heterocycles. The number of aliphatic hydroxyl groups excluding tert-OH is 2. The predicted octanol–water partition coefficient (Wildman–Crippen LogP) is 4.14. The largest absolute Gasteiger partial charge is 0.512 e. The normalized spacial score (nSPS) is 48.9. The summed E-state index contributed by atoms with van der Waals surface area (Å²) in [5, 5.41) is 20.3. The molecule has 0 aromatic heterocycles. The topological polar surface area (TPSA) is 40.5 Å². The van der Waals surface area contributed by atoms with Crippen LogP contribution in [-0.2, 0) is 0 Å². The van der Waals surface area contributed by atoms with Gasteiger partial charge in [0.2, 0.25) is 0 Å². The van der Waals surface area contributed by atoms with Gasteiger partial charge >= 0.3 is 0 Å². The molecule has 114 valence electrons. The Kier molecular flexibility index (Phi) is 2.91. The first kappa shape index (κ1) is 13.6. The summed E-state index contributed by atoms with van der Waals surface area (Å²) in [6, 6.07) is 0. The lowest BCUT2D eigenvalue weighted by atomic mass is 9.53. The van der Waals surface area contributed by atoms with Gasteiger partial charge in [-0.05, 0) is 73.0 Å². The molecule has 4 aliphatic rings. The van der Waals surface area contributed by atoms with E-state index in [-0.39, 0.29) is 11.5 Å². The third-order valence-electron chi connectivity index (χ3n) is 7.04. The number of aliphatic hydroxyl groups is 2. The molecule has 0 spiro atoms. The minimum atomic E-state index is -0.302. The summed E-state index contributed by atoms with van der Waals surface area (Å²) in [6.45, 7) is 6.41. The molecule has 0 aromatic carbocycles. The lowest BCUT2D eigenvalue weighted by molar-refractivity contribution is -0.0410. The zero-order chi connectivity index (χ0) is 14.8. The Labute approximate surface area is 127 Å². The van der Waals surface area contributed by atoms with Gasteiger partial charge in [0.05, 0.1) is 11.9 Å². The molecule has 0 heterocycles. The summed E-state index contributed by atoms with van der Waals surface area (Å²) in [6.07, 6.45) is 10.5. The molecule has 2 N–H and O–H groups in total. The molecule has 3 unspecified atom stereocenters. The summed E-state index contributed by atoms with van der Waals surface area (Å²) in [7, 11) is 0. The Balaban J connectivity index is 1.68. The number of allylic oxidation sites excluding steroid dienone is 4. The first-order chi connectivity index (χ1) is 10.0. The van der Waals surface area contributed by atoms with Crippen molar-refractivity contribution >= 4 is 0 Å². The van der Waals surface area contributed by atoms with E-state index in [1.54, 1.807) is 0 Å². The van der Waals surface area contributed by atoms with Gasteiger partial charge in [-0.15, -0.1) is 0 Å². The van der Waals surface area contributed by atoms with Crippen LogP contribution in [0.5, 0.6) is 0 Å². The highest BCUT2D eigenvalue weighted by Crippen LogP contribution is 2.61. The van der Waals surface area contributed by atoms with Crippen molar-refractivity contribution in [3.05, 3.63) is 35.6 Å². The molecule has 0 amide bonds. The molecule has 0 bridgehead atoms. The third kappa shape index (κ3) is 1.81. The molecule has 2 nitrogen and oxygen atoms in total. The third-order valence-corrected chi connectivity index (χ3v) is 7.04. The monoisotopic (exact) mass is 286 g/mol. The van der Waals surface area contributed by atoms with Crippen LogP contribution in [0.15, 0.2) is 35.6 Å². The summed E-state index contributed by atoms with van der Waals surface area (Å²) in [5.41, 5.74) is 2.48. The van der Waals surface area contributed by atoms with Gasteiger partial charge in [-0.3, -0.25) is 0 Å². The summed E-state index contributed by atoms with van der Waals surface area (Å²) in [4.78, 5) is 0. The fraction of sp³-hybridized carbons (Fsp3) is 0.684. The van der Waals surface area contributed by atoms with E-state index in [4.69, 9.17) is 0 Å². The molecule has 0 aromatic rings. The van der Waals surface area contributed by atoms with E-state index in [1.165, 1.54) is 12.0 Å². The molecule has 2 heteroatoms. The fourth-order valence-corrected chi connectivity index (χ4v) is 5.87. The van der Waals surface area contributed by atoms with E-state index in [1.807, 2.05) is 6.08 Å². The highest BCUT2D eigenvalue weighted by atomic mass is 16.3. The Morgan fingerprint density at radius 2 is 2.10 bits per heavy atom. The van der Waals surface area contributed by atoms with Crippen LogP contribution in [0.2, 0.25) is 0 Å². The molecule has 2 saturated carbocycles. The number of hydrogen-bond acceptors (Lipinski definition) is 2. The molecule has 21 heavy (non-hydrogen) atoms. The lowest BCUT2D eigenvalue weighted by Crippen LogP contribution is -2.46. The summed E-state index contributed by atoms with van der Waals surface area (Å²) >= 11 is 0. The van der Waals surface area contributed by atoms with E-state index in [9.17, 15) is 10.2 Å². The standard InChI is InChI=1S/C19H26O2/c1-11-9-17-16-5-3-12-10-13(20)4-6-14(12)15(16)7-8-19(17,2)18(11)21/h3,10,14-18,20-21H,1,4-9H2,2H3/t14-,15?,16+,17?,18-,19?/m0/s1. The van der Waals surface area contributed by atoms with E-state index >= 15 is 0 Å². The maximum absolute atomic E-state index is 10.6. The van der Waals surface area contributed by atoms with Crippen LogP contribution in [0.25, 0.3) is 0 Å². The minimum Gasteiger partial charge on any atom is -0.512 e. The average Bonchev–Trinajstić information content (AvgIpc) is 2.70. The second kappa shape index (κ2) is 4.49. The van der Waals surface area contributed by atoms with Crippen LogP contribution in [0.3, 0.4) is 0 Å². The molecular weight excluding hydrogens is 260 g/mol. The Hall–Kier alpha value is -1.02. The van der Waals surface area contributed by atoms with Gasteiger partial charge in [0.25, 0.3) is 0 Å². The first-order valence-corrected chi connectivity index (χ1v) is 8.46. The van der Waals surface area contributed by atoms with Crippen molar-refractivity contribution in [1.29, 1.82) is 0 Å². The molecule has 6 atom stereocenters. The van der Waals surface area contributed by atoms with Crippen LogP contribution in [0.1, 0.15) is 45.4 Å². The highest BCUT2D eigenvalue weighted by molar-refractivity contribution is 5.32. The van der Waals surface area contributed by atoms with Gasteiger partial charge in [-0.25, -0.2) is 0 Å². The molecule has 0 saturated heterocycles. The van der Waals surface area contributed by atoms with Crippen LogP contribution < -0.4 is 0 Å². The van der Waals surface area contributed by atoms with Gasteiger partial charge in [-0.2, -0.15) is 0 Å². The van der Waals surface area contributed by atoms with Gasteiger partial charge in [0.1, 0.15) is 0 Å². The van der Waals surface area contributed by atoms with E-state index in [0.29, 0.717) is 23.5 Å². The van der Waals surface area contributed by atoms with Crippen molar-refractivity contribution < 1.29 is 10.2 Å². The Morgan fingerprint density at radius 1 is 1.29 bits per heavy atom. The number of fused-ring (bicyclic) bond motifs is 5. The zero-order valence-corrected chi connectivity index (χ0v) is 12.9. The van der Waals surface area contributed by atoms with Crippen LogP contribution >= 0.6 is 0 Å². The van der Waals surface area contributed by atoms with E-state index < -0.39 is 0 Å². The van der Waals surface area contributed by atoms with Gasteiger partial charge in [0.15, 0.2) is 0 Å². The molecule has 4 rings (SSSR count). The molecular formula is C19H26O2. The first-order valence-electron chi connectivity index (χ1n) is 8.46. The van der Waals surface area contributed by atoms with Crippen molar-refractivity contribution in [2.45, 2.75) is 51.6 Å². The average molecular weight is 286 g/mol. The van der Waals surface area contributed by atoms with Crippen LogP contribution in [0, 0.1) is 29.1 Å². The van der Waals surface area contributed by atoms with E-state index in [0.717, 1.165) is 43.6 Å². The number of hydrogen-bond donors (Lipinski definition) is 2. The van der Waals surface area contributed by atoms with Crippen molar-refractivity contribution in [2.24, 2.45) is 29.1 Å². The minimum absolute atomic E-state index is 0.0518. The maximum atomic E-state index is 10.6. The number of rotatable bonds is 0. The summed E-state index contributed by atoms with van der Waals surface area (Å²) < 4.78 is 0. The van der Waals surface area contributed by atoms with Gasteiger partial charge < -0.3 is 10.2 Å². The maximum Gasteiger partial charge on any atom is 0.0925 e. The van der Waals surface area contributed by atoms with Crippen LogP contribution in [-0.4, -0.2) is 16.3 Å². The van der Waals surface area contributed by atoms with Crippen molar-refractivity contribution in [3.8, 4) is 0 Å². The highest BCUT2D eigenvalue weighted by Gasteiger charge is 2.56. The van der Waals surface area contributed by atoms with Crippen molar-refractivity contribution in [2.75, 3.05) is 0 Å². The van der Waals surface area contributed by atoms with Gasteiger partial charge in [-0.1, -0.05) is 19.6 Å². The van der Waals surface area contributed by atoms with Crippen molar-refractivity contribution in [1.82, 2.24) is 0 Å². The quantitative estimate of drug-likeness (QED) is 0.657. The predicted molar refractivity (Wildman–Crippen MR) is 83.7 cm³/mol. The lowest BCUT2D eigenvalue weighted by Gasteiger charge is -2.52. The van der Waals surface area contributed by atoms with Gasteiger partial charge in [0, 0.05) is 11.8 Å². The smallest absolute Gasteiger partial charge is 0.0925 e. The SMILES string of the molecule is C=C1CC2[C@@H]3CC=C4C=C(O)CC[C@@H]4C3CCC2(C)[C@H]1O. The molecule has 0 radical (unpaired) electrons.